The summed E-state index contributed by atoms with van der Waals surface area (Å²) in [6.07, 6.45) is 0.456. The van der Waals surface area contributed by atoms with Crippen LogP contribution >= 0.6 is 0 Å². The number of carbonyl (C=O) groups excluding carboxylic acids is 3. The molecule has 1 atom stereocenters. The van der Waals surface area contributed by atoms with E-state index in [-0.39, 0.29) is 30.9 Å². The van der Waals surface area contributed by atoms with Gasteiger partial charge in [0, 0.05) is 13.6 Å². The Kier molecular flexibility index (Phi) is 2.45. The largest absolute Gasteiger partial charge is 0.345 e. The van der Waals surface area contributed by atoms with Crippen LogP contribution in [0.4, 0.5) is 4.79 Å². The van der Waals surface area contributed by atoms with E-state index >= 15 is 0 Å². The van der Waals surface area contributed by atoms with Crippen LogP contribution in [0.2, 0.25) is 0 Å². The molecule has 0 saturated carbocycles. The maximum atomic E-state index is 11.7. The number of hydrogen-bond donors (Lipinski definition) is 3. The fourth-order valence-electron chi connectivity index (χ4n) is 2.13. The Morgan fingerprint density at radius 2 is 2.25 bits per heavy atom. The van der Waals surface area contributed by atoms with Crippen molar-refractivity contribution in [2.75, 3.05) is 26.7 Å². The molecule has 0 aromatic rings. The second kappa shape index (κ2) is 3.66. The zero-order valence-corrected chi connectivity index (χ0v) is 9.00. The summed E-state index contributed by atoms with van der Waals surface area (Å²) in [4.78, 5) is 35.9. The lowest BCUT2D eigenvalue weighted by molar-refractivity contribution is -0.138. The number of urea groups is 1. The highest BCUT2D eigenvalue weighted by Crippen LogP contribution is 2.23. The molecule has 0 radical (unpaired) electrons. The van der Waals surface area contributed by atoms with Gasteiger partial charge in [0.05, 0.1) is 13.1 Å². The number of hydrogen-bond acceptors (Lipinski definition) is 3. The van der Waals surface area contributed by atoms with E-state index < -0.39 is 5.54 Å². The highest BCUT2D eigenvalue weighted by Gasteiger charge is 2.49. The van der Waals surface area contributed by atoms with Crippen LogP contribution in [-0.2, 0) is 9.59 Å². The third-order valence-electron chi connectivity index (χ3n) is 2.99. The third kappa shape index (κ3) is 1.58. The summed E-state index contributed by atoms with van der Waals surface area (Å²) >= 11 is 0. The first kappa shape index (κ1) is 10.7. The Morgan fingerprint density at radius 1 is 1.50 bits per heavy atom. The van der Waals surface area contributed by atoms with Crippen LogP contribution in [0.25, 0.3) is 0 Å². The molecule has 2 aliphatic heterocycles. The van der Waals surface area contributed by atoms with E-state index in [1.54, 1.807) is 0 Å². The van der Waals surface area contributed by atoms with Gasteiger partial charge in [-0.3, -0.25) is 9.59 Å². The van der Waals surface area contributed by atoms with Gasteiger partial charge in [0.25, 0.3) is 0 Å². The minimum atomic E-state index is -0.929. The SMILES string of the molecule is CNC(=O)N1CCC2(C1)NC(=O)CNC2=O. The van der Waals surface area contributed by atoms with Crippen LogP contribution in [0, 0.1) is 0 Å². The lowest BCUT2D eigenvalue weighted by atomic mass is 9.95. The van der Waals surface area contributed by atoms with Crippen molar-refractivity contribution < 1.29 is 14.4 Å². The molecule has 3 N–H and O–H groups in total. The van der Waals surface area contributed by atoms with E-state index in [9.17, 15) is 14.4 Å². The summed E-state index contributed by atoms with van der Waals surface area (Å²) in [6.45, 7) is 0.707. The molecule has 7 heteroatoms. The van der Waals surface area contributed by atoms with Gasteiger partial charge >= 0.3 is 6.03 Å². The highest BCUT2D eigenvalue weighted by atomic mass is 16.2. The van der Waals surface area contributed by atoms with Gasteiger partial charge in [-0.25, -0.2) is 4.79 Å². The van der Waals surface area contributed by atoms with Gasteiger partial charge in [-0.15, -0.1) is 0 Å². The molecule has 7 nitrogen and oxygen atoms in total. The Morgan fingerprint density at radius 3 is 2.94 bits per heavy atom. The second-order valence-electron chi connectivity index (χ2n) is 4.04. The van der Waals surface area contributed by atoms with Gasteiger partial charge in [0.15, 0.2) is 0 Å². The Hall–Kier alpha value is -1.79. The molecular weight excluding hydrogens is 212 g/mol. The molecular formula is C9H14N4O3. The van der Waals surface area contributed by atoms with Gasteiger partial charge in [-0.2, -0.15) is 0 Å². The van der Waals surface area contributed by atoms with E-state index in [4.69, 9.17) is 0 Å². The van der Waals surface area contributed by atoms with Crippen LogP contribution in [-0.4, -0.2) is 55.0 Å². The summed E-state index contributed by atoms with van der Waals surface area (Å²) in [5.74, 6) is -0.420. The van der Waals surface area contributed by atoms with Gasteiger partial charge in [0.1, 0.15) is 5.54 Å². The van der Waals surface area contributed by atoms with Crippen molar-refractivity contribution >= 4 is 17.8 Å². The van der Waals surface area contributed by atoms with Crippen molar-refractivity contribution in [2.24, 2.45) is 0 Å². The normalized spacial score (nSPS) is 28.9. The van der Waals surface area contributed by atoms with E-state index in [1.165, 1.54) is 11.9 Å². The monoisotopic (exact) mass is 226 g/mol. The first-order chi connectivity index (χ1) is 7.57. The van der Waals surface area contributed by atoms with Crippen molar-refractivity contribution in [3.8, 4) is 0 Å². The smallest absolute Gasteiger partial charge is 0.317 e. The average molecular weight is 226 g/mol. The summed E-state index contributed by atoms with van der Waals surface area (Å²) in [5, 5.41) is 7.71. The number of carbonyl (C=O) groups is 3. The second-order valence-corrected chi connectivity index (χ2v) is 4.04. The first-order valence-electron chi connectivity index (χ1n) is 5.13. The zero-order chi connectivity index (χ0) is 11.8. The van der Waals surface area contributed by atoms with Crippen LogP contribution in [0.1, 0.15) is 6.42 Å². The summed E-state index contributed by atoms with van der Waals surface area (Å²) in [6, 6.07) is -0.232. The molecule has 16 heavy (non-hydrogen) atoms. The average Bonchev–Trinajstić information content (AvgIpc) is 2.68. The van der Waals surface area contributed by atoms with Crippen LogP contribution in [0.15, 0.2) is 0 Å². The van der Waals surface area contributed by atoms with Crippen molar-refractivity contribution in [1.82, 2.24) is 20.9 Å². The molecule has 2 heterocycles. The predicted octanol–water partition coefficient (Wildman–Crippen LogP) is -1.98. The Balaban J connectivity index is 2.12. The molecule has 0 aliphatic carbocycles. The first-order valence-corrected chi connectivity index (χ1v) is 5.13. The maximum Gasteiger partial charge on any atom is 0.317 e. The van der Waals surface area contributed by atoms with Crippen molar-refractivity contribution in [2.45, 2.75) is 12.0 Å². The molecule has 0 aromatic heterocycles. The third-order valence-corrected chi connectivity index (χ3v) is 2.99. The van der Waals surface area contributed by atoms with Crippen molar-refractivity contribution in [3.63, 3.8) is 0 Å². The summed E-state index contributed by atoms with van der Waals surface area (Å²) in [7, 11) is 1.53. The minimum absolute atomic E-state index is 0.0144. The highest BCUT2D eigenvalue weighted by molar-refractivity contribution is 5.98. The number of rotatable bonds is 0. The number of nitrogens with one attached hydrogen (secondary N) is 3. The van der Waals surface area contributed by atoms with Gasteiger partial charge < -0.3 is 20.9 Å². The molecule has 2 rings (SSSR count). The van der Waals surface area contributed by atoms with E-state index in [1.807, 2.05) is 0 Å². The topological polar surface area (TPSA) is 90.5 Å². The predicted molar refractivity (Wildman–Crippen MR) is 54.5 cm³/mol. The quantitative estimate of drug-likeness (QED) is 0.447. The van der Waals surface area contributed by atoms with Gasteiger partial charge in [0.2, 0.25) is 11.8 Å². The van der Waals surface area contributed by atoms with Gasteiger partial charge in [-0.1, -0.05) is 0 Å². The van der Waals surface area contributed by atoms with E-state index in [0.717, 1.165) is 0 Å². The minimum Gasteiger partial charge on any atom is -0.345 e. The Bertz CT molecular complexity index is 357. The van der Waals surface area contributed by atoms with E-state index in [0.29, 0.717) is 13.0 Å². The maximum absolute atomic E-state index is 11.7. The summed E-state index contributed by atoms with van der Waals surface area (Å²) in [5.41, 5.74) is -0.929. The molecule has 0 aromatic carbocycles. The number of likely N-dealkylation sites (tertiary alicyclic amines) is 1. The number of piperazine rings is 1. The van der Waals surface area contributed by atoms with Crippen molar-refractivity contribution in [3.05, 3.63) is 0 Å². The molecule has 4 amide bonds. The Labute approximate surface area is 92.5 Å². The number of nitrogens with zero attached hydrogens (tertiary/aromatic N) is 1. The van der Waals surface area contributed by atoms with Crippen LogP contribution in [0.5, 0.6) is 0 Å². The summed E-state index contributed by atoms with van der Waals surface area (Å²) < 4.78 is 0. The van der Waals surface area contributed by atoms with Crippen LogP contribution in [0.3, 0.4) is 0 Å². The van der Waals surface area contributed by atoms with Crippen LogP contribution < -0.4 is 16.0 Å². The molecule has 88 valence electrons. The number of amides is 4. The fraction of sp³-hybridized carbons (Fsp3) is 0.667. The lowest BCUT2D eigenvalue weighted by Gasteiger charge is -2.32. The molecule has 2 fully saturated rings. The van der Waals surface area contributed by atoms with Crippen molar-refractivity contribution in [1.29, 1.82) is 0 Å². The molecule has 1 spiro atoms. The van der Waals surface area contributed by atoms with E-state index in [2.05, 4.69) is 16.0 Å². The zero-order valence-electron chi connectivity index (χ0n) is 9.00. The molecule has 0 bridgehead atoms. The molecule has 2 saturated heterocycles. The standard InChI is InChI=1S/C9H14N4O3/c1-10-8(16)13-3-2-9(5-13)7(15)11-4-6(14)12-9/h2-5H2,1H3,(H,10,16)(H,11,15)(H,12,14). The fourth-order valence-corrected chi connectivity index (χ4v) is 2.13. The lowest BCUT2D eigenvalue weighted by Crippen LogP contribution is -2.66. The van der Waals surface area contributed by atoms with Gasteiger partial charge in [-0.05, 0) is 6.42 Å². The molecule has 1 unspecified atom stereocenters. The molecule has 2 aliphatic rings.